The second-order valence-electron chi connectivity index (χ2n) is 3.01. The Morgan fingerprint density at radius 3 is 2.54 bits per heavy atom. The van der Waals surface area contributed by atoms with E-state index in [1.807, 2.05) is 30.3 Å². The number of nitrogens with one attached hydrogen (secondary N) is 1. The van der Waals surface area contributed by atoms with Gasteiger partial charge in [-0.1, -0.05) is 30.3 Å². The van der Waals surface area contributed by atoms with E-state index in [-0.39, 0.29) is 5.50 Å². The van der Waals surface area contributed by atoms with E-state index in [9.17, 15) is 0 Å². The first-order valence-electron chi connectivity index (χ1n) is 4.29. The van der Waals surface area contributed by atoms with Gasteiger partial charge in [-0.05, 0) is 12.5 Å². The second kappa shape index (κ2) is 5.22. The van der Waals surface area contributed by atoms with Crippen molar-refractivity contribution in [3.05, 3.63) is 35.9 Å². The zero-order chi connectivity index (χ0) is 9.68. The molecule has 1 aromatic rings. The molecule has 0 heterocycles. The summed E-state index contributed by atoms with van der Waals surface area (Å²) in [4.78, 5) is 0. The lowest BCUT2D eigenvalue weighted by Crippen LogP contribution is -2.32. The van der Waals surface area contributed by atoms with Gasteiger partial charge in [0.2, 0.25) is 0 Å². The highest BCUT2D eigenvalue weighted by Crippen LogP contribution is 2.02. The molecule has 2 N–H and O–H groups in total. The van der Waals surface area contributed by atoms with E-state index in [0.29, 0.717) is 6.54 Å². The fraction of sp³-hybridized carbons (Fsp3) is 0.400. The smallest absolute Gasteiger partial charge is 0.109 e. The first kappa shape index (κ1) is 10.5. The summed E-state index contributed by atoms with van der Waals surface area (Å²) in [6.45, 7) is 2.34. The van der Waals surface area contributed by atoms with E-state index in [0.717, 1.165) is 5.56 Å². The summed E-state index contributed by atoms with van der Waals surface area (Å²) in [6, 6.07) is 9.94. The normalized spacial score (nSPS) is 15.3. The third-order valence-electron chi connectivity index (χ3n) is 1.77. The molecule has 2 atom stereocenters. The number of benzene rings is 1. The lowest BCUT2D eigenvalue weighted by atomic mass is 10.2. The fourth-order valence-electron chi connectivity index (χ4n) is 0.982. The molecule has 0 spiro atoms. The molecule has 0 radical (unpaired) electrons. The molecule has 0 aromatic heterocycles. The second-order valence-corrected chi connectivity index (χ2v) is 3.48. The molecule has 13 heavy (non-hydrogen) atoms. The van der Waals surface area contributed by atoms with Crippen LogP contribution in [-0.2, 0) is 6.54 Å². The first-order valence-corrected chi connectivity index (χ1v) is 4.73. The van der Waals surface area contributed by atoms with E-state index in [1.165, 1.54) is 0 Å². The number of alkyl halides is 1. The Hall–Kier alpha value is -0.570. The maximum Gasteiger partial charge on any atom is 0.109 e. The van der Waals surface area contributed by atoms with Crippen LogP contribution in [0.3, 0.4) is 0 Å². The quantitative estimate of drug-likeness (QED) is 0.572. The van der Waals surface area contributed by atoms with E-state index in [4.69, 9.17) is 16.7 Å². The van der Waals surface area contributed by atoms with Crippen molar-refractivity contribution in [2.24, 2.45) is 0 Å². The zero-order valence-corrected chi connectivity index (χ0v) is 8.33. The molecular formula is C10H14ClNO. The molecule has 2 unspecified atom stereocenters. The van der Waals surface area contributed by atoms with Crippen molar-refractivity contribution < 1.29 is 5.11 Å². The van der Waals surface area contributed by atoms with Gasteiger partial charge in [-0.3, -0.25) is 5.32 Å². The molecule has 0 aliphatic heterocycles. The molecule has 1 rings (SSSR count). The Bertz CT molecular complexity index is 238. The zero-order valence-electron chi connectivity index (χ0n) is 7.57. The number of hydrogen-bond donors (Lipinski definition) is 2. The van der Waals surface area contributed by atoms with Crippen molar-refractivity contribution in [3.8, 4) is 0 Å². The molecule has 0 bridgehead atoms. The lowest BCUT2D eigenvalue weighted by molar-refractivity contribution is 0.176. The Kier molecular flexibility index (Phi) is 4.22. The molecule has 1 aromatic carbocycles. The Morgan fingerprint density at radius 2 is 2.00 bits per heavy atom. The largest absolute Gasteiger partial charge is 0.390 e. The minimum atomic E-state index is -0.537. The Morgan fingerprint density at radius 1 is 1.38 bits per heavy atom. The Balaban J connectivity index is 2.35. The van der Waals surface area contributed by atoms with Crippen LogP contribution in [0.5, 0.6) is 0 Å². The summed E-state index contributed by atoms with van der Waals surface area (Å²) in [7, 11) is 0. The van der Waals surface area contributed by atoms with E-state index in [2.05, 4.69) is 5.32 Å². The SMILES string of the molecule is CC(O)C(Cl)NCc1ccccc1. The van der Waals surface area contributed by atoms with Crippen LogP contribution in [0.15, 0.2) is 30.3 Å². The average Bonchev–Trinajstić information content (AvgIpc) is 2.15. The third kappa shape index (κ3) is 3.77. The van der Waals surface area contributed by atoms with Crippen LogP contribution in [0.1, 0.15) is 12.5 Å². The predicted molar refractivity (Wildman–Crippen MR) is 54.6 cm³/mol. The van der Waals surface area contributed by atoms with Crippen LogP contribution in [0, 0.1) is 0 Å². The van der Waals surface area contributed by atoms with Gasteiger partial charge in [0.25, 0.3) is 0 Å². The Labute approximate surface area is 83.5 Å². The fourth-order valence-corrected chi connectivity index (χ4v) is 1.06. The average molecular weight is 200 g/mol. The van der Waals surface area contributed by atoms with E-state index in [1.54, 1.807) is 6.92 Å². The van der Waals surface area contributed by atoms with Crippen LogP contribution in [0.25, 0.3) is 0 Å². The summed E-state index contributed by atoms with van der Waals surface area (Å²) < 4.78 is 0. The summed E-state index contributed by atoms with van der Waals surface area (Å²) in [5.41, 5.74) is 0.772. The molecule has 3 heteroatoms. The van der Waals surface area contributed by atoms with Gasteiger partial charge in [-0.25, -0.2) is 0 Å². The summed E-state index contributed by atoms with van der Waals surface area (Å²) in [5, 5.41) is 12.1. The number of aliphatic hydroxyl groups excluding tert-OH is 1. The molecule has 0 amide bonds. The van der Waals surface area contributed by atoms with Crippen LogP contribution in [0.2, 0.25) is 0 Å². The van der Waals surface area contributed by atoms with Crippen LogP contribution >= 0.6 is 11.6 Å². The van der Waals surface area contributed by atoms with E-state index < -0.39 is 6.10 Å². The molecule has 0 aliphatic rings. The van der Waals surface area contributed by atoms with Gasteiger partial charge in [-0.2, -0.15) is 0 Å². The van der Waals surface area contributed by atoms with Gasteiger partial charge in [0.1, 0.15) is 5.50 Å². The van der Waals surface area contributed by atoms with Gasteiger partial charge >= 0.3 is 0 Å². The first-order chi connectivity index (χ1) is 6.20. The molecule has 0 aliphatic carbocycles. The van der Waals surface area contributed by atoms with Crippen LogP contribution in [0.4, 0.5) is 0 Å². The van der Waals surface area contributed by atoms with Gasteiger partial charge in [-0.15, -0.1) is 11.6 Å². The van der Waals surface area contributed by atoms with Crippen LogP contribution < -0.4 is 5.32 Å². The molecule has 0 fully saturated rings. The van der Waals surface area contributed by atoms with Crippen molar-refractivity contribution in [2.75, 3.05) is 0 Å². The van der Waals surface area contributed by atoms with Gasteiger partial charge in [0.05, 0.1) is 6.10 Å². The predicted octanol–water partition coefficient (Wildman–Crippen LogP) is 1.72. The van der Waals surface area contributed by atoms with Crippen molar-refractivity contribution in [1.29, 1.82) is 0 Å². The number of aliphatic hydroxyl groups is 1. The number of hydrogen-bond acceptors (Lipinski definition) is 2. The lowest BCUT2D eigenvalue weighted by Gasteiger charge is -2.14. The molecular weight excluding hydrogens is 186 g/mol. The van der Waals surface area contributed by atoms with Crippen molar-refractivity contribution in [3.63, 3.8) is 0 Å². The highest BCUT2D eigenvalue weighted by atomic mass is 35.5. The van der Waals surface area contributed by atoms with Crippen molar-refractivity contribution >= 4 is 11.6 Å². The third-order valence-corrected chi connectivity index (χ3v) is 2.29. The summed E-state index contributed by atoms with van der Waals surface area (Å²) in [6.07, 6.45) is -0.537. The summed E-state index contributed by atoms with van der Waals surface area (Å²) >= 11 is 5.80. The standard InChI is InChI=1S/C10H14ClNO/c1-8(13)10(11)12-7-9-5-3-2-4-6-9/h2-6,8,10,12-13H,7H2,1H3. The maximum absolute atomic E-state index is 9.10. The number of rotatable bonds is 4. The molecule has 2 nitrogen and oxygen atoms in total. The van der Waals surface area contributed by atoms with Crippen molar-refractivity contribution in [2.45, 2.75) is 25.1 Å². The highest BCUT2D eigenvalue weighted by Gasteiger charge is 2.09. The topological polar surface area (TPSA) is 32.3 Å². The minimum Gasteiger partial charge on any atom is -0.390 e. The maximum atomic E-state index is 9.10. The van der Waals surface area contributed by atoms with Crippen LogP contribution in [-0.4, -0.2) is 16.7 Å². The molecule has 0 saturated carbocycles. The van der Waals surface area contributed by atoms with Gasteiger partial charge in [0, 0.05) is 6.54 Å². The minimum absolute atomic E-state index is 0.389. The van der Waals surface area contributed by atoms with Gasteiger partial charge < -0.3 is 5.11 Å². The highest BCUT2D eigenvalue weighted by molar-refractivity contribution is 6.20. The molecule has 72 valence electrons. The monoisotopic (exact) mass is 199 g/mol. The molecule has 0 saturated heterocycles. The van der Waals surface area contributed by atoms with Crippen molar-refractivity contribution in [1.82, 2.24) is 5.32 Å². The number of halogens is 1. The summed E-state index contributed by atoms with van der Waals surface area (Å²) in [5.74, 6) is 0. The van der Waals surface area contributed by atoms with E-state index >= 15 is 0 Å². The van der Waals surface area contributed by atoms with Gasteiger partial charge in [0.15, 0.2) is 0 Å².